The molecule has 1 aliphatic heterocycles. The van der Waals surface area contributed by atoms with Crippen LogP contribution in [0.5, 0.6) is 0 Å². The molecule has 1 aliphatic rings. The topological polar surface area (TPSA) is 55.4 Å². The summed E-state index contributed by atoms with van der Waals surface area (Å²) in [5.74, 6) is -0.607. The lowest BCUT2D eigenvalue weighted by atomic mass is 9.97. The Bertz CT molecular complexity index is 710. The number of carbonyl (C=O) groups excluding carboxylic acids is 2. The van der Waals surface area contributed by atoms with Crippen LogP contribution in [0, 0.1) is 6.92 Å². The van der Waals surface area contributed by atoms with E-state index in [2.05, 4.69) is 5.32 Å². The molecule has 0 unspecified atom stereocenters. The molecule has 1 saturated heterocycles. The fourth-order valence-electron chi connectivity index (χ4n) is 2.58. The van der Waals surface area contributed by atoms with Crippen molar-refractivity contribution in [2.75, 3.05) is 6.61 Å². The molecule has 1 N–H and O–H groups in total. The third-order valence-electron chi connectivity index (χ3n) is 3.75. The van der Waals surface area contributed by atoms with Crippen LogP contribution in [-0.2, 0) is 9.53 Å². The third kappa shape index (κ3) is 2.86. The highest BCUT2D eigenvalue weighted by Crippen LogP contribution is 2.25. The van der Waals surface area contributed by atoms with Crippen molar-refractivity contribution in [1.82, 2.24) is 5.32 Å². The van der Waals surface area contributed by atoms with E-state index in [4.69, 9.17) is 4.74 Å². The van der Waals surface area contributed by atoms with Gasteiger partial charge in [0.2, 0.25) is 0 Å². The Morgan fingerprint density at radius 2 is 1.95 bits per heavy atom. The summed E-state index contributed by atoms with van der Waals surface area (Å²) in [6, 6.07) is 14.9. The van der Waals surface area contributed by atoms with E-state index in [-0.39, 0.29) is 11.9 Å². The summed E-state index contributed by atoms with van der Waals surface area (Å²) in [6.45, 7) is 2.35. The number of amides is 1. The first-order chi connectivity index (χ1) is 10.6. The SMILES string of the molecule is Cc1ccc(C(=O)N[C@H]2CCOC2=O)c(-c2ccccc2)c1. The number of benzene rings is 2. The molecule has 2 aromatic carbocycles. The molecule has 0 spiro atoms. The maximum Gasteiger partial charge on any atom is 0.328 e. The second-order valence-corrected chi connectivity index (χ2v) is 5.40. The molecule has 1 amide bonds. The first-order valence-electron chi connectivity index (χ1n) is 7.29. The Balaban J connectivity index is 1.93. The number of hydrogen-bond donors (Lipinski definition) is 1. The van der Waals surface area contributed by atoms with Gasteiger partial charge in [0, 0.05) is 12.0 Å². The lowest BCUT2D eigenvalue weighted by Crippen LogP contribution is -2.38. The summed E-state index contributed by atoms with van der Waals surface area (Å²) in [6.07, 6.45) is 0.525. The number of esters is 1. The second kappa shape index (κ2) is 6.02. The second-order valence-electron chi connectivity index (χ2n) is 5.40. The summed E-state index contributed by atoms with van der Waals surface area (Å²) in [5, 5.41) is 2.76. The zero-order valence-electron chi connectivity index (χ0n) is 12.3. The maximum absolute atomic E-state index is 12.5. The molecule has 112 valence electrons. The van der Waals surface area contributed by atoms with Crippen LogP contribution >= 0.6 is 0 Å². The number of aryl methyl sites for hydroxylation is 1. The molecule has 1 fully saturated rings. The molecule has 4 heteroatoms. The van der Waals surface area contributed by atoms with Crippen molar-refractivity contribution in [3.63, 3.8) is 0 Å². The van der Waals surface area contributed by atoms with Crippen LogP contribution in [0.4, 0.5) is 0 Å². The average Bonchev–Trinajstić information content (AvgIpc) is 2.93. The van der Waals surface area contributed by atoms with Crippen molar-refractivity contribution >= 4 is 11.9 Å². The molecule has 1 atom stereocenters. The predicted octanol–water partition coefficient (Wildman–Crippen LogP) is 2.71. The first kappa shape index (κ1) is 14.3. The van der Waals surface area contributed by atoms with Gasteiger partial charge in [0.1, 0.15) is 6.04 Å². The molecular weight excluding hydrogens is 278 g/mol. The maximum atomic E-state index is 12.5. The third-order valence-corrected chi connectivity index (χ3v) is 3.75. The number of cyclic esters (lactones) is 1. The van der Waals surface area contributed by atoms with E-state index < -0.39 is 6.04 Å². The zero-order valence-corrected chi connectivity index (χ0v) is 12.3. The van der Waals surface area contributed by atoms with Crippen molar-refractivity contribution in [3.8, 4) is 11.1 Å². The van der Waals surface area contributed by atoms with Crippen LogP contribution in [0.1, 0.15) is 22.3 Å². The first-order valence-corrected chi connectivity index (χ1v) is 7.29. The Kier molecular flexibility index (Phi) is 3.92. The summed E-state index contributed by atoms with van der Waals surface area (Å²) in [7, 11) is 0. The van der Waals surface area contributed by atoms with Crippen molar-refractivity contribution in [2.24, 2.45) is 0 Å². The Morgan fingerprint density at radius 3 is 2.64 bits per heavy atom. The fraction of sp³-hybridized carbons (Fsp3) is 0.222. The molecule has 0 radical (unpaired) electrons. The highest BCUT2D eigenvalue weighted by Gasteiger charge is 2.28. The minimum Gasteiger partial charge on any atom is -0.464 e. The van der Waals surface area contributed by atoms with Gasteiger partial charge in [0.15, 0.2) is 0 Å². The molecule has 3 rings (SSSR count). The van der Waals surface area contributed by atoms with Crippen LogP contribution in [0.2, 0.25) is 0 Å². The van der Waals surface area contributed by atoms with E-state index in [1.165, 1.54) is 0 Å². The van der Waals surface area contributed by atoms with Gasteiger partial charge in [-0.2, -0.15) is 0 Å². The van der Waals surface area contributed by atoms with E-state index >= 15 is 0 Å². The molecule has 0 aromatic heterocycles. The Hall–Kier alpha value is -2.62. The van der Waals surface area contributed by atoms with Crippen molar-refractivity contribution in [3.05, 3.63) is 59.7 Å². The predicted molar refractivity (Wildman–Crippen MR) is 83.4 cm³/mol. The summed E-state index contributed by atoms with van der Waals surface area (Å²) in [4.78, 5) is 24.0. The molecule has 22 heavy (non-hydrogen) atoms. The lowest BCUT2D eigenvalue weighted by Gasteiger charge is -2.13. The minimum absolute atomic E-state index is 0.247. The van der Waals surface area contributed by atoms with Crippen molar-refractivity contribution in [2.45, 2.75) is 19.4 Å². The normalized spacial score (nSPS) is 17.1. The summed E-state index contributed by atoms with van der Waals surface area (Å²) < 4.78 is 4.88. The Morgan fingerprint density at radius 1 is 1.18 bits per heavy atom. The van der Waals surface area contributed by atoms with Gasteiger partial charge in [-0.15, -0.1) is 0 Å². The summed E-state index contributed by atoms with van der Waals surface area (Å²) in [5.41, 5.74) is 3.49. The standard InChI is InChI=1S/C18H17NO3/c1-12-7-8-14(15(11-12)13-5-3-2-4-6-13)17(20)19-16-9-10-22-18(16)21/h2-8,11,16H,9-10H2,1H3,(H,19,20)/t16-/m0/s1. The molecule has 0 saturated carbocycles. The van der Waals surface area contributed by atoms with Crippen LogP contribution in [0.15, 0.2) is 48.5 Å². The van der Waals surface area contributed by atoms with Gasteiger partial charge in [-0.25, -0.2) is 4.79 Å². The van der Waals surface area contributed by atoms with E-state index in [1.54, 1.807) is 6.07 Å². The minimum atomic E-state index is -0.544. The van der Waals surface area contributed by atoms with Gasteiger partial charge < -0.3 is 10.1 Å². The van der Waals surface area contributed by atoms with Crippen LogP contribution in [-0.4, -0.2) is 24.5 Å². The van der Waals surface area contributed by atoms with E-state index in [0.29, 0.717) is 18.6 Å². The number of hydrogen-bond acceptors (Lipinski definition) is 3. The van der Waals surface area contributed by atoms with E-state index in [0.717, 1.165) is 16.7 Å². The smallest absolute Gasteiger partial charge is 0.328 e. The largest absolute Gasteiger partial charge is 0.464 e. The van der Waals surface area contributed by atoms with Gasteiger partial charge >= 0.3 is 5.97 Å². The Labute approximate surface area is 129 Å². The van der Waals surface area contributed by atoms with Crippen LogP contribution < -0.4 is 5.32 Å². The zero-order chi connectivity index (χ0) is 15.5. The number of nitrogens with one attached hydrogen (secondary N) is 1. The molecule has 1 heterocycles. The highest BCUT2D eigenvalue weighted by molar-refractivity contribution is 6.02. The molecule has 2 aromatic rings. The van der Waals surface area contributed by atoms with Gasteiger partial charge in [-0.3, -0.25) is 4.79 Å². The van der Waals surface area contributed by atoms with Gasteiger partial charge in [0.25, 0.3) is 5.91 Å². The van der Waals surface area contributed by atoms with Crippen molar-refractivity contribution in [1.29, 1.82) is 0 Å². The fourth-order valence-corrected chi connectivity index (χ4v) is 2.58. The van der Waals surface area contributed by atoms with Crippen LogP contribution in [0.25, 0.3) is 11.1 Å². The summed E-state index contributed by atoms with van der Waals surface area (Å²) >= 11 is 0. The molecule has 0 aliphatic carbocycles. The molecule has 0 bridgehead atoms. The van der Waals surface area contributed by atoms with Gasteiger partial charge in [0.05, 0.1) is 6.61 Å². The monoisotopic (exact) mass is 295 g/mol. The lowest BCUT2D eigenvalue weighted by molar-refractivity contribution is -0.139. The average molecular weight is 295 g/mol. The number of ether oxygens (including phenoxy) is 1. The number of rotatable bonds is 3. The quantitative estimate of drug-likeness (QED) is 0.886. The highest BCUT2D eigenvalue weighted by atomic mass is 16.5. The molecule has 4 nitrogen and oxygen atoms in total. The van der Waals surface area contributed by atoms with E-state index in [9.17, 15) is 9.59 Å². The van der Waals surface area contributed by atoms with Gasteiger partial charge in [-0.05, 0) is 24.1 Å². The molecular formula is C18H17NO3. The van der Waals surface area contributed by atoms with Gasteiger partial charge in [-0.1, -0.05) is 48.0 Å². The number of carbonyl (C=O) groups is 2. The van der Waals surface area contributed by atoms with E-state index in [1.807, 2.05) is 49.4 Å². The van der Waals surface area contributed by atoms with Crippen LogP contribution in [0.3, 0.4) is 0 Å². The van der Waals surface area contributed by atoms with Crippen molar-refractivity contribution < 1.29 is 14.3 Å².